The van der Waals surface area contributed by atoms with E-state index in [1.54, 1.807) is 48.5 Å². The summed E-state index contributed by atoms with van der Waals surface area (Å²) in [6.45, 7) is 1.76. The molecule has 2 rings (SSSR count). The van der Waals surface area contributed by atoms with Crippen LogP contribution in [0.25, 0.3) is 6.08 Å². The van der Waals surface area contributed by atoms with Crippen molar-refractivity contribution < 1.29 is 18.0 Å². The van der Waals surface area contributed by atoms with Crippen molar-refractivity contribution in [3.05, 3.63) is 65.7 Å². The van der Waals surface area contributed by atoms with E-state index in [-0.39, 0.29) is 11.8 Å². The Morgan fingerprint density at radius 3 is 2.37 bits per heavy atom. The molecule has 142 valence electrons. The van der Waals surface area contributed by atoms with Crippen LogP contribution in [0.4, 0.5) is 11.4 Å². The number of hydrogen-bond donors (Lipinski definition) is 3. The van der Waals surface area contributed by atoms with E-state index in [0.717, 1.165) is 17.4 Å². The Bertz CT molecular complexity index is 951. The summed E-state index contributed by atoms with van der Waals surface area (Å²) in [7, 11) is -3.31. The fraction of sp³-hybridized carbons (Fsp3) is 0.158. The maximum Gasteiger partial charge on any atom is 0.244 e. The quantitative estimate of drug-likeness (QED) is 0.634. The van der Waals surface area contributed by atoms with Gasteiger partial charge in [0.1, 0.15) is 0 Å². The van der Waals surface area contributed by atoms with Crippen LogP contribution in [0.5, 0.6) is 0 Å². The fourth-order valence-corrected chi connectivity index (χ4v) is 2.82. The Hall–Kier alpha value is -3.13. The molecular weight excluding hydrogens is 366 g/mol. The van der Waals surface area contributed by atoms with Gasteiger partial charge in [-0.05, 0) is 41.5 Å². The number of carbonyl (C=O) groups excluding carboxylic acids is 2. The highest BCUT2D eigenvalue weighted by atomic mass is 32.2. The lowest BCUT2D eigenvalue weighted by Crippen LogP contribution is -2.20. The largest absolute Gasteiger partial charge is 0.348 e. The molecule has 0 fully saturated rings. The number of amides is 2. The lowest BCUT2D eigenvalue weighted by Gasteiger charge is -2.06. The third-order valence-corrected chi connectivity index (χ3v) is 3.96. The third kappa shape index (κ3) is 7.74. The molecule has 0 aliphatic rings. The number of rotatable bonds is 7. The van der Waals surface area contributed by atoms with Gasteiger partial charge in [-0.2, -0.15) is 0 Å². The zero-order valence-electron chi connectivity index (χ0n) is 15.0. The van der Waals surface area contributed by atoms with Crippen molar-refractivity contribution in [1.82, 2.24) is 5.32 Å². The number of benzene rings is 2. The lowest BCUT2D eigenvalue weighted by atomic mass is 10.2. The van der Waals surface area contributed by atoms with Gasteiger partial charge in [-0.15, -0.1) is 0 Å². The zero-order valence-corrected chi connectivity index (χ0v) is 15.8. The SMILES string of the molecule is CC(=O)Nc1cccc(CNC(=O)/C=C/c2ccc(NS(C)(=O)=O)cc2)c1. The molecule has 2 amide bonds. The molecule has 0 atom stereocenters. The highest BCUT2D eigenvalue weighted by molar-refractivity contribution is 7.92. The van der Waals surface area contributed by atoms with Crippen LogP contribution in [-0.2, 0) is 26.2 Å². The molecule has 0 radical (unpaired) electrons. The Labute approximate surface area is 158 Å². The molecule has 0 heterocycles. The van der Waals surface area contributed by atoms with Crippen LogP contribution >= 0.6 is 0 Å². The van der Waals surface area contributed by atoms with Crippen LogP contribution in [0.1, 0.15) is 18.1 Å². The average Bonchev–Trinajstić information content (AvgIpc) is 2.58. The van der Waals surface area contributed by atoms with Crippen molar-refractivity contribution in [2.24, 2.45) is 0 Å². The highest BCUT2D eigenvalue weighted by Gasteiger charge is 2.02. The molecule has 0 saturated heterocycles. The van der Waals surface area contributed by atoms with E-state index in [2.05, 4.69) is 15.4 Å². The summed E-state index contributed by atoms with van der Waals surface area (Å²) in [5.41, 5.74) is 2.75. The highest BCUT2D eigenvalue weighted by Crippen LogP contribution is 2.12. The molecule has 2 aromatic rings. The Balaban J connectivity index is 1.89. The number of carbonyl (C=O) groups is 2. The minimum absolute atomic E-state index is 0.156. The molecule has 0 aliphatic heterocycles. The van der Waals surface area contributed by atoms with Gasteiger partial charge in [0.25, 0.3) is 0 Å². The molecule has 0 aliphatic carbocycles. The maximum absolute atomic E-state index is 11.9. The smallest absolute Gasteiger partial charge is 0.244 e. The molecule has 7 nitrogen and oxygen atoms in total. The first-order valence-corrected chi connectivity index (χ1v) is 10.0. The third-order valence-electron chi connectivity index (χ3n) is 3.36. The monoisotopic (exact) mass is 387 g/mol. The molecule has 0 aromatic heterocycles. The summed E-state index contributed by atoms with van der Waals surface area (Å²) in [4.78, 5) is 23.0. The molecule has 8 heteroatoms. The predicted octanol–water partition coefficient (Wildman–Crippen LogP) is 2.35. The van der Waals surface area contributed by atoms with Gasteiger partial charge in [0, 0.05) is 30.9 Å². The summed E-state index contributed by atoms with van der Waals surface area (Å²) < 4.78 is 24.7. The molecule has 0 spiro atoms. The Morgan fingerprint density at radius 2 is 1.74 bits per heavy atom. The second-order valence-corrected chi connectivity index (χ2v) is 7.68. The van der Waals surface area contributed by atoms with Gasteiger partial charge in [-0.3, -0.25) is 14.3 Å². The van der Waals surface area contributed by atoms with Gasteiger partial charge in [0.05, 0.1) is 6.26 Å². The first-order valence-electron chi connectivity index (χ1n) is 8.11. The molecule has 0 unspecified atom stereocenters. The van der Waals surface area contributed by atoms with Gasteiger partial charge >= 0.3 is 0 Å². The van der Waals surface area contributed by atoms with Gasteiger partial charge in [-0.1, -0.05) is 24.3 Å². The lowest BCUT2D eigenvalue weighted by molar-refractivity contribution is -0.116. The van der Waals surface area contributed by atoms with E-state index in [4.69, 9.17) is 0 Å². The molecule has 3 N–H and O–H groups in total. The van der Waals surface area contributed by atoms with E-state index >= 15 is 0 Å². The molecule has 0 saturated carbocycles. The van der Waals surface area contributed by atoms with Crippen molar-refractivity contribution in [3.63, 3.8) is 0 Å². The van der Waals surface area contributed by atoms with Crippen molar-refractivity contribution >= 4 is 39.3 Å². The summed E-state index contributed by atoms with van der Waals surface area (Å²) in [6.07, 6.45) is 4.11. The Kier molecular flexibility index (Phi) is 6.73. The molecule has 27 heavy (non-hydrogen) atoms. The van der Waals surface area contributed by atoms with Crippen LogP contribution in [0.15, 0.2) is 54.6 Å². The Morgan fingerprint density at radius 1 is 1.04 bits per heavy atom. The van der Waals surface area contributed by atoms with Crippen LogP contribution in [0, 0.1) is 0 Å². The number of anilines is 2. The second-order valence-electron chi connectivity index (χ2n) is 5.93. The van der Waals surface area contributed by atoms with Crippen LogP contribution in [-0.4, -0.2) is 26.5 Å². The van der Waals surface area contributed by atoms with Gasteiger partial charge < -0.3 is 10.6 Å². The molecular formula is C19H21N3O4S. The predicted molar refractivity (Wildman–Crippen MR) is 107 cm³/mol. The van der Waals surface area contributed by atoms with E-state index in [1.807, 2.05) is 6.07 Å². The standard InChI is InChI=1S/C19H21N3O4S/c1-14(23)21-18-5-3-4-16(12-18)13-20-19(24)11-8-15-6-9-17(10-7-15)22-27(2,25)26/h3-12,22H,13H2,1-2H3,(H,20,24)(H,21,23)/b11-8+. The van der Waals surface area contributed by atoms with E-state index in [9.17, 15) is 18.0 Å². The number of nitrogens with one attached hydrogen (secondary N) is 3. The van der Waals surface area contributed by atoms with E-state index in [0.29, 0.717) is 17.9 Å². The van der Waals surface area contributed by atoms with Crippen molar-refractivity contribution in [1.29, 1.82) is 0 Å². The van der Waals surface area contributed by atoms with Gasteiger partial charge in [-0.25, -0.2) is 8.42 Å². The summed E-state index contributed by atoms with van der Waals surface area (Å²) >= 11 is 0. The van der Waals surface area contributed by atoms with Crippen LogP contribution in [0.2, 0.25) is 0 Å². The number of hydrogen-bond acceptors (Lipinski definition) is 4. The molecule has 0 bridgehead atoms. The van der Waals surface area contributed by atoms with Crippen molar-refractivity contribution in [2.45, 2.75) is 13.5 Å². The average molecular weight is 387 g/mol. The van der Waals surface area contributed by atoms with Gasteiger partial charge in [0.2, 0.25) is 21.8 Å². The van der Waals surface area contributed by atoms with Gasteiger partial charge in [0.15, 0.2) is 0 Å². The summed E-state index contributed by atoms with van der Waals surface area (Å²) in [5.74, 6) is -0.421. The van der Waals surface area contributed by atoms with Crippen molar-refractivity contribution in [3.8, 4) is 0 Å². The van der Waals surface area contributed by atoms with E-state index in [1.165, 1.54) is 13.0 Å². The van der Waals surface area contributed by atoms with Crippen LogP contribution in [0.3, 0.4) is 0 Å². The maximum atomic E-state index is 11.9. The summed E-state index contributed by atoms with van der Waals surface area (Å²) in [6, 6.07) is 13.9. The second kappa shape index (κ2) is 9.00. The minimum Gasteiger partial charge on any atom is -0.348 e. The van der Waals surface area contributed by atoms with Crippen molar-refractivity contribution in [2.75, 3.05) is 16.3 Å². The van der Waals surface area contributed by atoms with Crippen LogP contribution < -0.4 is 15.4 Å². The zero-order chi connectivity index (χ0) is 19.9. The molecule has 2 aromatic carbocycles. The first kappa shape index (κ1) is 20.2. The summed E-state index contributed by atoms with van der Waals surface area (Å²) in [5, 5.41) is 5.45. The topological polar surface area (TPSA) is 104 Å². The fourth-order valence-electron chi connectivity index (χ4n) is 2.26. The minimum atomic E-state index is -3.31. The normalized spacial score (nSPS) is 11.2. The van der Waals surface area contributed by atoms with E-state index < -0.39 is 10.0 Å². The number of sulfonamides is 1. The first-order chi connectivity index (χ1) is 12.7.